The van der Waals surface area contributed by atoms with Crippen molar-refractivity contribution in [3.63, 3.8) is 0 Å². The van der Waals surface area contributed by atoms with Crippen molar-refractivity contribution in [2.75, 3.05) is 6.61 Å². The molecule has 25 heavy (non-hydrogen) atoms. The first-order valence-electron chi connectivity index (χ1n) is 8.17. The zero-order valence-corrected chi connectivity index (χ0v) is 14.0. The van der Waals surface area contributed by atoms with E-state index in [-0.39, 0.29) is 17.7 Å². The number of halogens is 1. The van der Waals surface area contributed by atoms with Crippen LogP contribution in [0.5, 0.6) is 0 Å². The van der Waals surface area contributed by atoms with Gasteiger partial charge in [0, 0.05) is 37.5 Å². The van der Waals surface area contributed by atoms with Crippen LogP contribution in [0.15, 0.2) is 29.6 Å². The molecular weight excluding hydrogens is 325 g/mol. The SMILES string of the molecule is Cc1nc2cnc([C@@H]3CCO[C@@H](c4cnn(C)c4)C3)cn2c(=O)c1F. The highest BCUT2D eigenvalue weighted by atomic mass is 19.1. The summed E-state index contributed by atoms with van der Waals surface area (Å²) in [5.41, 5.74) is 1.51. The molecule has 0 saturated carbocycles. The first-order valence-corrected chi connectivity index (χ1v) is 8.17. The van der Waals surface area contributed by atoms with E-state index in [4.69, 9.17) is 4.74 Å². The van der Waals surface area contributed by atoms with Gasteiger partial charge in [0.1, 0.15) is 0 Å². The van der Waals surface area contributed by atoms with Gasteiger partial charge < -0.3 is 4.74 Å². The Labute approximate surface area is 143 Å². The molecular formula is C17H18FN5O2. The summed E-state index contributed by atoms with van der Waals surface area (Å²) in [5, 5.41) is 4.19. The number of nitrogens with zero attached hydrogens (tertiary/aromatic N) is 5. The van der Waals surface area contributed by atoms with Crippen molar-refractivity contribution in [1.29, 1.82) is 0 Å². The van der Waals surface area contributed by atoms with Crippen LogP contribution < -0.4 is 5.56 Å². The highest BCUT2D eigenvalue weighted by Gasteiger charge is 2.27. The number of rotatable bonds is 2. The second kappa shape index (κ2) is 6.03. The standard InChI is InChI=1S/C17H18FN5O2/c1-10-16(18)17(24)23-9-13(19-7-15(23)21-10)11-3-4-25-14(5-11)12-6-20-22(2)8-12/h6-9,11,14H,3-5H2,1-2H3/t11-,14-/m1/s1. The van der Waals surface area contributed by atoms with E-state index in [1.807, 2.05) is 13.2 Å². The van der Waals surface area contributed by atoms with E-state index >= 15 is 0 Å². The number of ether oxygens (including phenoxy) is 1. The molecule has 0 N–H and O–H groups in total. The molecule has 0 aliphatic carbocycles. The molecule has 0 spiro atoms. The zero-order chi connectivity index (χ0) is 17.6. The molecule has 0 radical (unpaired) electrons. The number of fused-ring (bicyclic) bond motifs is 1. The van der Waals surface area contributed by atoms with Crippen molar-refractivity contribution in [2.45, 2.75) is 31.8 Å². The fourth-order valence-corrected chi connectivity index (χ4v) is 3.27. The van der Waals surface area contributed by atoms with Crippen LogP contribution in [0.2, 0.25) is 0 Å². The fourth-order valence-electron chi connectivity index (χ4n) is 3.27. The number of hydrogen-bond donors (Lipinski definition) is 0. The van der Waals surface area contributed by atoms with Gasteiger partial charge in [-0.1, -0.05) is 0 Å². The van der Waals surface area contributed by atoms with E-state index in [0.717, 1.165) is 24.1 Å². The summed E-state index contributed by atoms with van der Waals surface area (Å²) in [6, 6.07) is 0. The molecule has 1 fully saturated rings. The van der Waals surface area contributed by atoms with E-state index in [1.54, 1.807) is 17.1 Å². The molecule has 3 aromatic rings. The predicted molar refractivity (Wildman–Crippen MR) is 87.8 cm³/mol. The molecule has 7 nitrogen and oxygen atoms in total. The molecule has 1 aliphatic heterocycles. The first kappa shape index (κ1) is 15.9. The summed E-state index contributed by atoms with van der Waals surface area (Å²) in [7, 11) is 1.87. The molecule has 4 heterocycles. The van der Waals surface area contributed by atoms with Gasteiger partial charge in [-0.2, -0.15) is 9.49 Å². The summed E-state index contributed by atoms with van der Waals surface area (Å²) < 4.78 is 22.7. The third kappa shape index (κ3) is 2.82. The minimum absolute atomic E-state index is 0.0606. The maximum absolute atomic E-state index is 13.9. The Morgan fingerprint density at radius 3 is 2.92 bits per heavy atom. The van der Waals surface area contributed by atoms with E-state index < -0.39 is 11.4 Å². The molecule has 0 bridgehead atoms. The van der Waals surface area contributed by atoms with Gasteiger partial charge in [0.05, 0.1) is 29.9 Å². The maximum atomic E-state index is 13.9. The van der Waals surface area contributed by atoms with Crippen LogP contribution in [-0.2, 0) is 11.8 Å². The molecule has 1 saturated heterocycles. The van der Waals surface area contributed by atoms with E-state index in [9.17, 15) is 9.18 Å². The quantitative estimate of drug-likeness (QED) is 0.710. The van der Waals surface area contributed by atoms with Gasteiger partial charge in [-0.25, -0.2) is 4.98 Å². The largest absolute Gasteiger partial charge is 0.373 e. The highest BCUT2D eigenvalue weighted by molar-refractivity contribution is 5.37. The van der Waals surface area contributed by atoms with Gasteiger partial charge in [-0.15, -0.1) is 0 Å². The van der Waals surface area contributed by atoms with Crippen molar-refractivity contribution in [2.24, 2.45) is 7.05 Å². The lowest BCUT2D eigenvalue weighted by atomic mass is 9.90. The lowest BCUT2D eigenvalue weighted by molar-refractivity contribution is 0.00454. The van der Waals surface area contributed by atoms with Crippen LogP contribution in [0, 0.1) is 12.7 Å². The molecule has 4 rings (SSSR count). The maximum Gasteiger partial charge on any atom is 0.294 e. The molecule has 1 aliphatic rings. The Kier molecular flexibility index (Phi) is 3.84. The monoisotopic (exact) mass is 343 g/mol. The van der Waals surface area contributed by atoms with Gasteiger partial charge in [0.2, 0.25) is 5.82 Å². The molecule has 0 aromatic carbocycles. The number of aryl methyl sites for hydroxylation is 2. The van der Waals surface area contributed by atoms with E-state index in [1.165, 1.54) is 17.5 Å². The number of hydrogen-bond acceptors (Lipinski definition) is 5. The van der Waals surface area contributed by atoms with Crippen molar-refractivity contribution < 1.29 is 9.13 Å². The van der Waals surface area contributed by atoms with Crippen molar-refractivity contribution >= 4 is 5.65 Å². The molecule has 130 valence electrons. The second-order valence-corrected chi connectivity index (χ2v) is 6.38. The van der Waals surface area contributed by atoms with Crippen LogP contribution in [0.1, 0.15) is 41.8 Å². The van der Waals surface area contributed by atoms with Crippen LogP contribution in [0.4, 0.5) is 4.39 Å². The zero-order valence-electron chi connectivity index (χ0n) is 14.0. The Morgan fingerprint density at radius 1 is 1.32 bits per heavy atom. The van der Waals surface area contributed by atoms with Crippen molar-refractivity contribution in [3.8, 4) is 0 Å². The summed E-state index contributed by atoms with van der Waals surface area (Å²) in [5.74, 6) is -0.700. The Hall–Kier alpha value is -2.61. The first-order chi connectivity index (χ1) is 12.0. The molecule has 8 heteroatoms. The van der Waals surface area contributed by atoms with Crippen molar-refractivity contribution in [1.82, 2.24) is 24.1 Å². The third-order valence-electron chi connectivity index (χ3n) is 4.64. The average Bonchev–Trinajstić information content (AvgIpc) is 3.06. The third-order valence-corrected chi connectivity index (χ3v) is 4.64. The van der Waals surface area contributed by atoms with Gasteiger partial charge >= 0.3 is 0 Å². The Morgan fingerprint density at radius 2 is 2.16 bits per heavy atom. The number of aromatic nitrogens is 5. The van der Waals surface area contributed by atoms with E-state index in [0.29, 0.717) is 12.3 Å². The Balaban J connectivity index is 1.68. The lowest BCUT2D eigenvalue weighted by Crippen LogP contribution is -2.23. The highest BCUT2D eigenvalue weighted by Crippen LogP contribution is 2.36. The molecule has 0 amide bonds. The summed E-state index contributed by atoms with van der Waals surface area (Å²) >= 11 is 0. The molecule has 0 unspecified atom stereocenters. The van der Waals surface area contributed by atoms with Gasteiger partial charge in [0.15, 0.2) is 5.65 Å². The van der Waals surface area contributed by atoms with Crippen LogP contribution >= 0.6 is 0 Å². The minimum Gasteiger partial charge on any atom is -0.373 e. The fraction of sp³-hybridized carbons (Fsp3) is 0.412. The minimum atomic E-state index is -0.824. The normalized spacial score (nSPS) is 20.9. The van der Waals surface area contributed by atoms with Crippen LogP contribution in [0.3, 0.4) is 0 Å². The molecule has 2 atom stereocenters. The van der Waals surface area contributed by atoms with E-state index in [2.05, 4.69) is 15.1 Å². The van der Waals surface area contributed by atoms with Gasteiger partial charge in [-0.3, -0.25) is 18.9 Å². The Bertz CT molecular complexity index is 996. The predicted octanol–water partition coefficient (Wildman–Crippen LogP) is 1.91. The van der Waals surface area contributed by atoms with Crippen LogP contribution in [-0.4, -0.2) is 30.8 Å². The van der Waals surface area contributed by atoms with Crippen LogP contribution in [0.25, 0.3) is 5.65 Å². The van der Waals surface area contributed by atoms with Gasteiger partial charge in [0.25, 0.3) is 5.56 Å². The van der Waals surface area contributed by atoms with Gasteiger partial charge in [-0.05, 0) is 19.8 Å². The summed E-state index contributed by atoms with van der Waals surface area (Å²) in [6.07, 6.45) is 8.34. The molecule has 3 aromatic heterocycles. The summed E-state index contributed by atoms with van der Waals surface area (Å²) in [6.45, 7) is 2.07. The smallest absolute Gasteiger partial charge is 0.294 e. The lowest BCUT2D eigenvalue weighted by Gasteiger charge is -2.28. The average molecular weight is 343 g/mol. The van der Waals surface area contributed by atoms with Crippen molar-refractivity contribution in [3.05, 3.63) is 57.9 Å². The second-order valence-electron chi connectivity index (χ2n) is 6.38. The summed E-state index contributed by atoms with van der Waals surface area (Å²) in [4.78, 5) is 20.7. The topological polar surface area (TPSA) is 74.3 Å².